The number of carbonyl (C=O) groups excluding carboxylic acids is 1. The van der Waals surface area contributed by atoms with Gasteiger partial charge in [-0.2, -0.15) is 8.78 Å². The van der Waals surface area contributed by atoms with E-state index in [9.17, 15) is 13.6 Å². The zero-order valence-corrected chi connectivity index (χ0v) is 16.8. The fourth-order valence-electron chi connectivity index (χ4n) is 2.53. The van der Waals surface area contributed by atoms with Gasteiger partial charge in [0.2, 0.25) is 0 Å². The van der Waals surface area contributed by atoms with Crippen molar-refractivity contribution in [3.05, 3.63) is 46.9 Å². The molecular formula is C19H23F2N3O2S. The summed E-state index contributed by atoms with van der Waals surface area (Å²) >= 11 is 1.41. The van der Waals surface area contributed by atoms with Crippen LogP contribution in [0.3, 0.4) is 0 Å². The van der Waals surface area contributed by atoms with Gasteiger partial charge in [0.25, 0.3) is 5.91 Å². The SMILES string of the molecule is CSc1nc(C(C)C)nc(C)c1C(=O)N(C)Cc1ccc(OC(F)F)cc1. The van der Waals surface area contributed by atoms with Gasteiger partial charge >= 0.3 is 6.61 Å². The molecule has 0 atom stereocenters. The molecule has 27 heavy (non-hydrogen) atoms. The van der Waals surface area contributed by atoms with Gasteiger partial charge in [-0.3, -0.25) is 4.79 Å². The monoisotopic (exact) mass is 395 g/mol. The summed E-state index contributed by atoms with van der Waals surface area (Å²) in [6.07, 6.45) is 1.88. The third-order valence-electron chi connectivity index (χ3n) is 3.91. The van der Waals surface area contributed by atoms with Gasteiger partial charge in [-0.25, -0.2) is 9.97 Å². The maximum atomic E-state index is 13.0. The van der Waals surface area contributed by atoms with Crippen LogP contribution in [0.25, 0.3) is 0 Å². The van der Waals surface area contributed by atoms with Crippen molar-refractivity contribution in [2.45, 2.75) is 44.9 Å². The van der Waals surface area contributed by atoms with E-state index in [-0.39, 0.29) is 17.6 Å². The number of ether oxygens (including phenoxy) is 1. The van der Waals surface area contributed by atoms with Crippen LogP contribution in [0, 0.1) is 6.92 Å². The highest BCUT2D eigenvalue weighted by atomic mass is 32.2. The molecule has 0 N–H and O–H groups in total. The molecule has 0 aliphatic carbocycles. The van der Waals surface area contributed by atoms with E-state index in [2.05, 4.69) is 14.7 Å². The second-order valence-corrected chi connectivity index (χ2v) is 7.18. The molecule has 0 aliphatic heterocycles. The molecule has 2 aromatic rings. The van der Waals surface area contributed by atoms with Crippen LogP contribution >= 0.6 is 11.8 Å². The van der Waals surface area contributed by atoms with Crippen molar-refractivity contribution in [2.75, 3.05) is 13.3 Å². The average molecular weight is 395 g/mol. The summed E-state index contributed by atoms with van der Waals surface area (Å²) in [4.78, 5) is 23.5. The minimum absolute atomic E-state index is 0.0842. The number of carbonyl (C=O) groups is 1. The van der Waals surface area contributed by atoms with E-state index in [1.54, 1.807) is 24.1 Å². The van der Waals surface area contributed by atoms with Gasteiger partial charge in [-0.1, -0.05) is 26.0 Å². The number of halogens is 2. The van der Waals surface area contributed by atoms with Gasteiger partial charge < -0.3 is 9.64 Å². The Balaban J connectivity index is 2.19. The number of rotatable bonds is 7. The third kappa shape index (κ3) is 5.38. The van der Waals surface area contributed by atoms with Crippen molar-refractivity contribution in [2.24, 2.45) is 0 Å². The number of amides is 1. The number of nitrogens with zero attached hydrogens (tertiary/aromatic N) is 3. The summed E-state index contributed by atoms with van der Waals surface area (Å²) in [6.45, 7) is 3.29. The standard InChI is InChI=1S/C19H23F2N3O2S/c1-11(2)16-22-12(3)15(17(23-16)27-5)18(25)24(4)10-13-6-8-14(9-7-13)26-19(20)21/h6-9,11,19H,10H2,1-5H3. The molecule has 146 valence electrons. The summed E-state index contributed by atoms with van der Waals surface area (Å²) in [6, 6.07) is 6.22. The molecule has 0 bridgehead atoms. The Labute approximate surface area is 162 Å². The van der Waals surface area contributed by atoms with E-state index in [4.69, 9.17) is 0 Å². The molecule has 8 heteroatoms. The van der Waals surface area contributed by atoms with Crippen molar-refractivity contribution in [3.63, 3.8) is 0 Å². The number of aromatic nitrogens is 2. The fraction of sp³-hybridized carbons (Fsp3) is 0.421. The molecule has 1 amide bonds. The van der Waals surface area contributed by atoms with Crippen LogP contribution in [-0.4, -0.2) is 40.7 Å². The molecule has 0 radical (unpaired) electrons. The number of hydrogen-bond donors (Lipinski definition) is 0. The molecule has 1 aromatic heterocycles. The van der Waals surface area contributed by atoms with Crippen molar-refractivity contribution in [1.29, 1.82) is 0 Å². The minimum atomic E-state index is -2.86. The van der Waals surface area contributed by atoms with E-state index in [1.165, 1.54) is 23.9 Å². The molecule has 0 unspecified atom stereocenters. The quantitative estimate of drug-likeness (QED) is 0.510. The Hall–Kier alpha value is -2.22. The van der Waals surface area contributed by atoms with E-state index in [1.807, 2.05) is 27.0 Å². The van der Waals surface area contributed by atoms with E-state index >= 15 is 0 Å². The predicted octanol–water partition coefficient (Wildman–Crippen LogP) is 4.50. The number of benzene rings is 1. The van der Waals surface area contributed by atoms with Gasteiger partial charge in [0.05, 0.1) is 11.3 Å². The van der Waals surface area contributed by atoms with Crippen LogP contribution in [-0.2, 0) is 6.54 Å². The molecular weight excluding hydrogens is 372 g/mol. The van der Waals surface area contributed by atoms with Crippen molar-refractivity contribution < 1.29 is 18.3 Å². The zero-order valence-electron chi connectivity index (χ0n) is 16.0. The third-order valence-corrected chi connectivity index (χ3v) is 4.59. The van der Waals surface area contributed by atoms with Gasteiger partial charge in [-0.05, 0) is 30.9 Å². The summed E-state index contributed by atoms with van der Waals surface area (Å²) in [5.74, 6) is 0.789. The van der Waals surface area contributed by atoms with E-state index < -0.39 is 6.61 Å². The first-order valence-corrected chi connectivity index (χ1v) is 9.67. The lowest BCUT2D eigenvalue weighted by molar-refractivity contribution is -0.0498. The molecule has 0 spiro atoms. The van der Waals surface area contributed by atoms with E-state index in [0.717, 1.165) is 5.56 Å². The molecule has 0 saturated carbocycles. The molecule has 1 heterocycles. The normalized spacial score (nSPS) is 11.1. The van der Waals surface area contributed by atoms with Gasteiger partial charge in [0.1, 0.15) is 16.6 Å². The first kappa shape index (κ1) is 21.1. The molecule has 0 saturated heterocycles. The van der Waals surface area contributed by atoms with Crippen LogP contribution < -0.4 is 4.74 Å². The fourth-order valence-corrected chi connectivity index (χ4v) is 3.16. The number of hydrogen-bond acceptors (Lipinski definition) is 5. The van der Waals surface area contributed by atoms with Gasteiger partial charge in [0, 0.05) is 19.5 Å². The minimum Gasteiger partial charge on any atom is -0.435 e. The predicted molar refractivity (Wildman–Crippen MR) is 102 cm³/mol. The molecule has 5 nitrogen and oxygen atoms in total. The Bertz CT molecular complexity index is 798. The zero-order chi connectivity index (χ0) is 20.1. The summed E-state index contributed by atoms with van der Waals surface area (Å²) in [5, 5.41) is 0.656. The van der Waals surface area contributed by atoms with Gasteiger partial charge in [0.15, 0.2) is 0 Å². The lowest BCUT2D eigenvalue weighted by Crippen LogP contribution is -2.28. The first-order valence-electron chi connectivity index (χ1n) is 8.44. The summed E-state index contributed by atoms with van der Waals surface area (Å²) in [7, 11) is 1.69. The average Bonchev–Trinajstić information content (AvgIpc) is 2.61. The summed E-state index contributed by atoms with van der Waals surface area (Å²) < 4.78 is 28.8. The molecule has 0 aliphatic rings. The highest BCUT2D eigenvalue weighted by Gasteiger charge is 2.22. The lowest BCUT2D eigenvalue weighted by Gasteiger charge is -2.20. The van der Waals surface area contributed by atoms with Crippen LogP contribution in [0.1, 0.15) is 47.2 Å². The van der Waals surface area contributed by atoms with Crippen LogP contribution in [0.4, 0.5) is 8.78 Å². The van der Waals surface area contributed by atoms with Crippen LogP contribution in [0.15, 0.2) is 29.3 Å². The summed E-state index contributed by atoms with van der Waals surface area (Å²) in [5.41, 5.74) is 1.94. The van der Waals surface area contributed by atoms with Crippen molar-refractivity contribution in [1.82, 2.24) is 14.9 Å². The van der Waals surface area contributed by atoms with Crippen molar-refractivity contribution >= 4 is 17.7 Å². The van der Waals surface area contributed by atoms with Gasteiger partial charge in [-0.15, -0.1) is 11.8 Å². The molecule has 2 rings (SSSR count). The number of alkyl halides is 2. The maximum absolute atomic E-state index is 13.0. The molecule has 1 aromatic carbocycles. The van der Waals surface area contributed by atoms with Crippen molar-refractivity contribution in [3.8, 4) is 5.75 Å². The highest BCUT2D eigenvalue weighted by Crippen LogP contribution is 2.25. The Kier molecular flexibility index (Phi) is 7.12. The first-order chi connectivity index (χ1) is 12.7. The molecule has 0 fully saturated rings. The Morgan fingerprint density at radius 1 is 1.22 bits per heavy atom. The smallest absolute Gasteiger partial charge is 0.387 e. The lowest BCUT2D eigenvalue weighted by atomic mass is 10.1. The van der Waals surface area contributed by atoms with Crippen LogP contribution in [0.2, 0.25) is 0 Å². The second kappa shape index (κ2) is 9.12. The Morgan fingerprint density at radius 3 is 2.37 bits per heavy atom. The van der Waals surface area contributed by atoms with E-state index in [0.29, 0.717) is 28.7 Å². The highest BCUT2D eigenvalue weighted by molar-refractivity contribution is 7.98. The second-order valence-electron chi connectivity index (χ2n) is 6.39. The number of thioether (sulfide) groups is 1. The number of aryl methyl sites for hydroxylation is 1. The maximum Gasteiger partial charge on any atom is 0.387 e. The Morgan fingerprint density at radius 2 is 1.85 bits per heavy atom. The van der Waals surface area contributed by atoms with Crippen LogP contribution in [0.5, 0.6) is 5.75 Å². The topological polar surface area (TPSA) is 55.3 Å². The largest absolute Gasteiger partial charge is 0.435 e.